The topological polar surface area (TPSA) is 83.8 Å². The second-order valence-electron chi connectivity index (χ2n) is 8.46. The normalized spacial score (nSPS) is 18.6. The van der Waals surface area contributed by atoms with Gasteiger partial charge in [0.05, 0.1) is 18.5 Å². The summed E-state index contributed by atoms with van der Waals surface area (Å²) in [7, 11) is 0. The first kappa shape index (κ1) is 22.8. The van der Waals surface area contributed by atoms with Crippen molar-refractivity contribution in [1.82, 2.24) is 10.2 Å². The molecule has 1 aliphatic rings. The second kappa shape index (κ2) is 10.5. The fourth-order valence-electron chi connectivity index (χ4n) is 4.02. The number of nitrogens with one attached hydrogen (secondary N) is 2. The van der Waals surface area contributed by atoms with Crippen LogP contribution in [0.25, 0.3) is 0 Å². The quantitative estimate of drug-likeness (QED) is 0.570. The fourth-order valence-corrected chi connectivity index (χ4v) is 4.02. The average molecular weight is 448 g/mol. The zero-order valence-electron chi connectivity index (χ0n) is 18.9. The number of anilines is 1. The van der Waals surface area contributed by atoms with Crippen LogP contribution in [0.3, 0.4) is 0 Å². The predicted octanol–water partition coefficient (Wildman–Crippen LogP) is 4.07. The summed E-state index contributed by atoms with van der Waals surface area (Å²) in [6.07, 6.45) is 1.95. The summed E-state index contributed by atoms with van der Waals surface area (Å²) in [4.78, 5) is 26.9. The highest BCUT2D eigenvalue weighted by Gasteiger charge is 2.22. The van der Waals surface area contributed by atoms with Crippen molar-refractivity contribution < 1.29 is 18.7 Å². The van der Waals surface area contributed by atoms with Crippen molar-refractivity contribution in [3.63, 3.8) is 0 Å². The highest BCUT2D eigenvalue weighted by molar-refractivity contribution is 6.02. The first-order valence-electron chi connectivity index (χ1n) is 11.1. The molecule has 2 amide bonds. The minimum Gasteiger partial charge on any atom is -0.459 e. The lowest BCUT2D eigenvalue weighted by Gasteiger charge is -2.35. The van der Waals surface area contributed by atoms with Gasteiger partial charge in [0.1, 0.15) is 0 Å². The van der Waals surface area contributed by atoms with Gasteiger partial charge in [-0.3, -0.25) is 14.5 Å². The molecular formula is C26H29N3O4. The Morgan fingerprint density at radius 1 is 0.909 bits per heavy atom. The summed E-state index contributed by atoms with van der Waals surface area (Å²) < 4.78 is 10.9. The van der Waals surface area contributed by atoms with Gasteiger partial charge in [-0.15, -0.1) is 0 Å². The van der Waals surface area contributed by atoms with Crippen LogP contribution in [-0.4, -0.2) is 42.0 Å². The number of rotatable bonds is 7. The van der Waals surface area contributed by atoms with E-state index in [1.807, 2.05) is 0 Å². The number of hydrogen-bond acceptors (Lipinski definition) is 5. The molecule has 7 heteroatoms. The summed E-state index contributed by atoms with van der Waals surface area (Å²) in [6.45, 7) is 7.44. The van der Waals surface area contributed by atoms with Crippen molar-refractivity contribution in [1.29, 1.82) is 0 Å². The molecule has 2 unspecified atom stereocenters. The van der Waals surface area contributed by atoms with E-state index in [1.165, 1.54) is 11.8 Å². The largest absolute Gasteiger partial charge is 0.459 e. The summed E-state index contributed by atoms with van der Waals surface area (Å²) in [5.41, 5.74) is 3.41. The highest BCUT2D eigenvalue weighted by Crippen LogP contribution is 2.15. The molecule has 0 bridgehead atoms. The third kappa shape index (κ3) is 6.31. The van der Waals surface area contributed by atoms with Gasteiger partial charge in [0.25, 0.3) is 11.8 Å². The first-order chi connectivity index (χ1) is 16.0. The Balaban J connectivity index is 1.25. The molecule has 2 heterocycles. The van der Waals surface area contributed by atoms with Crippen molar-refractivity contribution in [3.05, 3.63) is 89.4 Å². The molecule has 0 spiro atoms. The van der Waals surface area contributed by atoms with E-state index >= 15 is 0 Å². The standard InChI is InChI=1S/C26H29N3O4/c1-18-15-29(16-19(2)33-18)17-21-7-5-20(6-8-21)14-27-25(30)22-9-11-23(12-10-22)28-26(31)24-4-3-13-32-24/h3-13,18-19H,14-17H2,1-2H3,(H,27,30)(H,28,31). The molecule has 4 rings (SSSR count). The van der Waals surface area contributed by atoms with Crippen LogP contribution < -0.4 is 10.6 Å². The zero-order chi connectivity index (χ0) is 23.2. The van der Waals surface area contributed by atoms with E-state index in [0.29, 0.717) is 17.8 Å². The maximum atomic E-state index is 12.5. The fraction of sp³-hybridized carbons (Fsp3) is 0.308. The number of nitrogens with zero attached hydrogens (tertiary/aromatic N) is 1. The molecule has 1 aliphatic heterocycles. The summed E-state index contributed by atoms with van der Waals surface area (Å²) in [5, 5.41) is 5.67. The molecule has 2 aromatic carbocycles. The molecule has 3 aromatic rings. The van der Waals surface area contributed by atoms with Crippen LogP contribution in [0.2, 0.25) is 0 Å². The van der Waals surface area contributed by atoms with E-state index in [9.17, 15) is 9.59 Å². The lowest BCUT2D eigenvalue weighted by molar-refractivity contribution is -0.0704. The highest BCUT2D eigenvalue weighted by atomic mass is 16.5. The van der Waals surface area contributed by atoms with E-state index < -0.39 is 0 Å². The zero-order valence-corrected chi connectivity index (χ0v) is 18.9. The molecule has 2 N–H and O–H groups in total. The molecule has 0 radical (unpaired) electrons. The Morgan fingerprint density at radius 3 is 2.21 bits per heavy atom. The number of carbonyl (C=O) groups is 2. The van der Waals surface area contributed by atoms with Crippen molar-refractivity contribution in [2.75, 3.05) is 18.4 Å². The number of morpholine rings is 1. The Hall–Kier alpha value is -3.42. The minimum absolute atomic E-state index is 0.167. The van der Waals surface area contributed by atoms with Crippen molar-refractivity contribution in [3.8, 4) is 0 Å². The molecule has 1 aromatic heterocycles. The molecule has 2 atom stereocenters. The van der Waals surface area contributed by atoms with Crippen molar-refractivity contribution in [2.24, 2.45) is 0 Å². The lowest BCUT2D eigenvalue weighted by Crippen LogP contribution is -2.44. The van der Waals surface area contributed by atoms with Gasteiger partial charge in [-0.2, -0.15) is 0 Å². The average Bonchev–Trinajstić information content (AvgIpc) is 3.33. The van der Waals surface area contributed by atoms with Crippen LogP contribution in [0.15, 0.2) is 71.3 Å². The molecule has 1 fully saturated rings. The minimum atomic E-state index is -0.335. The third-order valence-corrected chi connectivity index (χ3v) is 5.53. The number of amides is 2. The van der Waals surface area contributed by atoms with Gasteiger partial charge in [0, 0.05) is 37.4 Å². The van der Waals surface area contributed by atoms with E-state index in [-0.39, 0.29) is 29.8 Å². The van der Waals surface area contributed by atoms with Gasteiger partial charge in [0.15, 0.2) is 5.76 Å². The van der Waals surface area contributed by atoms with E-state index in [4.69, 9.17) is 9.15 Å². The SMILES string of the molecule is CC1CN(Cc2ccc(CNC(=O)c3ccc(NC(=O)c4ccco4)cc3)cc2)CC(C)O1. The summed E-state index contributed by atoms with van der Waals surface area (Å²) >= 11 is 0. The van der Waals surface area contributed by atoms with Crippen molar-refractivity contribution >= 4 is 17.5 Å². The second-order valence-corrected chi connectivity index (χ2v) is 8.46. The van der Waals surface area contributed by atoms with E-state index in [0.717, 1.165) is 25.2 Å². The Kier molecular flexibility index (Phi) is 7.22. The number of ether oxygens (including phenoxy) is 1. The molecule has 0 saturated carbocycles. The Morgan fingerprint density at radius 2 is 1.58 bits per heavy atom. The van der Waals surface area contributed by atoms with Crippen LogP contribution in [-0.2, 0) is 17.8 Å². The molecular weight excluding hydrogens is 418 g/mol. The van der Waals surface area contributed by atoms with Crippen LogP contribution in [0, 0.1) is 0 Å². The number of benzene rings is 2. The van der Waals surface area contributed by atoms with Crippen molar-refractivity contribution in [2.45, 2.75) is 39.1 Å². The third-order valence-electron chi connectivity index (χ3n) is 5.53. The Bertz CT molecular complexity index is 1050. The maximum absolute atomic E-state index is 12.5. The van der Waals surface area contributed by atoms with Gasteiger partial charge >= 0.3 is 0 Å². The number of furan rings is 1. The van der Waals surface area contributed by atoms with E-state index in [2.05, 4.69) is 53.6 Å². The van der Waals surface area contributed by atoms with Gasteiger partial charge in [-0.05, 0) is 61.4 Å². The smallest absolute Gasteiger partial charge is 0.291 e. The molecule has 172 valence electrons. The number of hydrogen-bond donors (Lipinski definition) is 2. The van der Waals surface area contributed by atoms with Gasteiger partial charge in [-0.25, -0.2) is 0 Å². The molecule has 0 aliphatic carbocycles. The lowest BCUT2D eigenvalue weighted by atomic mass is 10.1. The molecule has 7 nitrogen and oxygen atoms in total. The maximum Gasteiger partial charge on any atom is 0.291 e. The predicted molar refractivity (Wildman–Crippen MR) is 126 cm³/mol. The van der Waals surface area contributed by atoms with Crippen LogP contribution in [0.1, 0.15) is 45.9 Å². The van der Waals surface area contributed by atoms with E-state index in [1.54, 1.807) is 36.4 Å². The summed E-state index contributed by atoms with van der Waals surface area (Å²) in [5.74, 6) is -0.269. The molecule has 33 heavy (non-hydrogen) atoms. The number of carbonyl (C=O) groups excluding carboxylic acids is 2. The van der Waals surface area contributed by atoms with Gasteiger partial charge < -0.3 is 19.8 Å². The molecule has 1 saturated heterocycles. The van der Waals surface area contributed by atoms with Gasteiger partial charge in [-0.1, -0.05) is 24.3 Å². The summed E-state index contributed by atoms with van der Waals surface area (Å²) in [6, 6.07) is 18.3. The van der Waals surface area contributed by atoms with Crippen LogP contribution in [0.4, 0.5) is 5.69 Å². The monoisotopic (exact) mass is 447 g/mol. The van der Waals surface area contributed by atoms with Crippen LogP contribution >= 0.6 is 0 Å². The van der Waals surface area contributed by atoms with Crippen LogP contribution in [0.5, 0.6) is 0 Å². The van der Waals surface area contributed by atoms with Gasteiger partial charge in [0.2, 0.25) is 0 Å². The Labute approximate surface area is 193 Å². The first-order valence-corrected chi connectivity index (χ1v) is 11.1.